The summed E-state index contributed by atoms with van der Waals surface area (Å²) in [6.45, 7) is 5.26. The average Bonchev–Trinajstić information content (AvgIpc) is 2.61. The van der Waals surface area contributed by atoms with Crippen LogP contribution in [0.3, 0.4) is 0 Å². The maximum atomic E-state index is 11.9. The Kier molecular flexibility index (Phi) is 7.21. The lowest BCUT2D eigenvalue weighted by Gasteiger charge is -2.14. The molecule has 2 rings (SSSR count). The molecule has 26 heavy (non-hydrogen) atoms. The van der Waals surface area contributed by atoms with E-state index >= 15 is 0 Å². The van der Waals surface area contributed by atoms with Crippen molar-refractivity contribution in [3.8, 4) is 5.75 Å². The molecule has 0 saturated heterocycles. The summed E-state index contributed by atoms with van der Waals surface area (Å²) in [7, 11) is 0. The number of rotatable bonds is 7. The number of hydrogen-bond acceptors (Lipinski definition) is 4. The van der Waals surface area contributed by atoms with E-state index in [9.17, 15) is 9.59 Å². The van der Waals surface area contributed by atoms with Crippen LogP contribution in [-0.2, 0) is 14.3 Å². The van der Waals surface area contributed by atoms with Gasteiger partial charge in [0.2, 0.25) is 0 Å². The molecule has 1 N–H and O–H groups in total. The summed E-state index contributed by atoms with van der Waals surface area (Å²) < 4.78 is 11.3. The number of benzene rings is 2. The van der Waals surface area contributed by atoms with Crippen LogP contribution in [0.4, 0.5) is 0 Å². The molecule has 0 bridgehead atoms. The van der Waals surface area contributed by atoms with Crippen molar-refractivity contribution >= 4 is 27.8 Å². The zero-order valence-electron chi connectivity index (χ0n) is 15.0. The molecule has 0 spiro atoms. The molecule has 2 aromatic rings. The fraction of sp³-hybridized carbons (Fsp3) is 0.300. The zero-order valence-corrected chi connectivity index (χ0v) is 16.6. The van der Waals surface area contributed by atoms with E-state index in [1.807, 2.05) is 57.2 Å². The van der Waals surface area contributed by atoms with Crippen LogP contribution < -0.4 is 10.1 Å². The summed E-state index contributed by atoms with van der Waals surface area (Å²) in [5.74, 6) is -0.354. The van der Waals surface area contributed by atoms with Gasteiger partial charge in [-0.1, -0.05) is 34.1 Å². The Labute approximate surface area is 161 Å². The van der Waals surface area contributed by atoms with Crippen molar-refractivity contribution in [2.45, 2.75) is 26.8 Å². The summed E-state index contributed by atoms with van der Waals surface area (Å²) in [5.41, 5.74) is 3.19. The summed E-state index contributed by atoms with van der Waals surface area (Å²) in [6, 6.07) is 13.0. The lowest BCUT2D eigenvalue weighted by molar-refractivity contribution is -0.150. The molecule has 0 heterocycles. The van der Waals surface area contributed by atoms with Crippen LogP contribution >= 0.6 is 15.9 Å². The van der Waals surface area contributed by atoms with E-state index in [4.69, 9.17) is 9.47 Å². The molecule has 1 atom stereocenters. The van der Waals surface area contributed by atoms with E-state index in [0.717, 1.165) is 21.2 Å². The van der Waals surface area contributed by atoms with Gasteiger partial charge in [-0.3, -0.25) is 4.79 Å². The Bertz CT molecular complexity index is 774. The molecule has 6 heteroatoms. The number of carbonyl (C=O) groups is 2. The first kappa shape index (κ1) is 20.0. The number of carbonyl (C=O) groups excluding carboxylic acids is 2. The minimum absolute atomic E-state index is 0.180. The standard InChI is InChI=1S/C20H22BrNO4/c1-13-4-9-18(10-14(13)2)25-12-20(24)26-11-19(23)22-15(3)16-5-7-17(21)8-6-16/h4-10,15H,11-12H2,1-3H3,(H,22,23)/t15-/m1/s1. The lowest BCUT2D eigenvalue weighted by Crippen LogP contribution is -2.31. The number of halogens is 1. The number of aryl methyl sites for hydroxylation is 2. The third-order valence-electron chi connectivity index (χ3n) is 3.95. The van der Waals surface area contributed by atoms with Gasteiger partial charge in [0.1, 0.15) is 5.75 Å². The SMILES string of the molecule is Cc1ccc(OCC(=O)OCC(=O)N[C@H](C)c2ccc(Br)cc2)cc1C. The first-order valence-corrected chi connectivity index (χ1v) is 9.05. The topological polar surface area (TPSA) is 64.6 Å². The third kappa shape index (κ3) is 6.19. The van der Waals surface area contributed by atoms with Gasteiger partial charge in [-0.05, 0) is 61.7 Å². The molecule has 0 fully saturated rings. The van der Waals surface area contributed by atoms with Crippen molar-refractivity contribution in [3.63, 3.8) is 0 Å². The molecule has 5 nitrogen and oxygen atoms in total. The van der Waals surface area contributed by atoms with E-state index < -0.39 is 5.97 Å². The van der Waals surface area contributed by atoms with Crippen LogP contribution in [-0.4, -0.2) is 25.1 Å². The van der Waals surface area contributed by atoms with Gasteiger partial charge >= 0.3 is 5.97 Å². The van der Waals surface area contributed by atoms with Crippen molar-refractivity contribution in [1.82, 2.24) is 5.32 Å². The largest absolute Gasteiger partial charge is 0.482 e. The van der Waals surface area contributed by atoms with Gasteiger partial charge in [0.15, 0.2) is 13.2 Å². The van der Waals surface area contributed by atoms with Crippen LogP contribution in [0.5, 0.6) is 5.75 Å². The number of ether oxygens (including phenoxy) is 2. The maximum absolute atomic E-state index is 11.9. The summed E-state index contributed by atoms with van der Waals surface area (Å²) in [5, 5.41) is 2.79. The highest BCUT2D eigenvalue weighted by molar-refractivity contribution is 9.10. The molecular formula is C20H22BrNO4. The number of amides is 1. The van der Waals surface area contributed by atoms with Gasteiger partial charge in [-0.15, -0.1) is 0 Å². The van der Waals surface area contributed by atoms with Crippen molar-refractivity contribution < 1.29 is 19.1 Å². The number of hydrogen-bond donors (Lipinski definition) is 1. The Morgan fingerprint density at radius 1 is 1.04 bits per heavy atom. The van der Waals surface area contributed by atoms with Crippen LogP contribution in [0.15, 0.2) is 46.9 Å². The second kappa shape index (κ2) is 9.38. The molecule has 0 aliphatic rings. The number of esters is 1. The van der Waals surface area contributed by atoms with Crippen molar-refractivity contribution in [2.75, 3.05) is 13.2 Å². The second-order valence-corrected chi connectivity index (χ2v) is 6.95. The molecule has 2 aromatic carbocycles. The molecule has 1 amide bonds. The van der Waals surface area contributed by atoms with Gasteiger partial charge in [-0.2, -0.15) is 0 Å². The van der Waals surface area contributed by atoms with Crippen LogP contribution in [0, 0.1) is 13.8 Å². The molecule has 0 aromatic heterocycles. The van der Waals surface area contributed by atoms with Gasteiger partial charge in [-0.25, -0.2) is 4.79 Å². The zero-order chi connectivity index (χ0) is 19.1. The van der Waals surface area contributed by atoms with Crippen LogP contribution in [0.25, 0.3) is 0 Å². The molecule has 0 saturated carbocycles. The van der Waals surface area contributed by atoms with Crippen molar-refractivity contribution in [3.05, 3.63) is 63.6 Å². The highest BCUT2D eigenvalue weighted by Crippen LogP contribution is 2.17. The maximum Gasteiger partial charge on any atom is 0.344 e. The van der Waals surface area contributed by atoms with Gasteiger partial charge in [0.25, 0.3) is 5.91 Å². The molecule has 0 radical (unpaired) electrons. The van der Waals surface area contributed by atoms with E-state index in [0.29, 0.717) is 5.75 Å². The van der Waals surface area contributed by atoms with E-state index in [1.54, 1.807) is 6.07 Å². The first-order valence-electron chi connectivity index (χ1n) is 8.25. The molecule has 0 aliphatic carbocycles. The number of nitrogens with one attached hydrogen (secondary N) is 1. The molecule has 0 aliphatic heterocycles. The quantitative estimate of drug-likeness (QED) is 0.691. The third-order valence-corrected chi connectivity index (χ3v) is 4.48. The highest BCUT2D eigenvalue weighted by Gasteiger charge is 2.12. The average molecular weight is 420 g/mol. The summed E-state index contributed by atoms with van der Waals surface area (Å²) in [6.07, 6.45) is 0. The summed E-state index contributed by atoms with van der Waals surface area (Å²) >= 11 is 3.37. The monoisotopic (exact) mass is 419 g/mol. The summed E-state index contributed by atoms with van der Waals surface area (Å²) in [4.78, 5) is 23.6. The Balaban J connectivity index is 1.73. The molecule has 0 unspecified atom stereocenters. The minimum Gasteiger partial charge on any atom is -0.482 e. The Morgan fingerprint density at radius 2 is 1.73 bits per heavy atom. The lowest BCUT2D eigenvalue weighted by atomic mass is 10.1. The van der Waals surface area contributed by atoms with E-state index in [1.165, 1.54) is 0 Å². The fourth-order valence-corrected chi connectivity index (χ4v) is 2.52. The van der Waals surface area contributed by atoms with E-state index in [2.05, 4.69) is 21.2 Å². The Morgan fingerprint density at radius 3 is 2.38 bits per heavy atom. The smallest absolute Gasteiger partial charge is 0.344 e. The van der Waals surface area contributed by atoms with Gasteiger partial charge < -0.3 is 14.8 Å². The van der Waals surface area contributed by atoms with Crippen LogP contribution in [0.1, 0.15) is 29.7 Å². The molecular weight excluding hydrogens is 398 g/mol. The second-order valence-electron chi connectivity index (χ2n) is 6.04. The fourth-order valence-electron chi connectivity index (χ4n) is 2.25. The molecule has 138 valence electrons. The van der Waals surface area contributed by atoms with Gasteiger partial charge in [0.05, 0.1) is 6.04 Å². The highest BCUT2D eigenvalue weighted by atomic mass is 79.9. The van der Waals surface area contributed by atoms with Crippen LogP contribution in [0.2, 0.25) is 0 Å². The Hall–Kier alpha value is -2.34. The predicted octanol–water partition coefficient (Wildman–Crippen LogP) is 3.87. The van der Waals surface area contributed by atoms with E-state index in [-0.39, 0.29) is 25.2 Å². The van der Waals surface area contributed by atoms with Gasteiger partial charge in [0, 0.05) is 4.47 Å². The van der Waals surface area contributed by atoms with Crippen molar-refractivity contribution in [1.29, 1.82) is 0 Å². The first-order chi connectivity index (χ1) is 12.3. The van der Waals surface area contributed by atoms with Crippen molar-refractivity contribution in [2.24, 2.45) is 0 Å². The minimum atomic E-state index is -0.588. The normalized spacial score (nSPS) is 11.5. The predicted molar refractivity (Wildman–Crippen MR) is 103 cm³/mol.